The summed E-state index contributed by atoms with van der Waals surface area (Å²) in [5.41, 5.74) is 2.53. The molecule has 1 aromatic heterocycles. The highest BCUT2D eigenvalue weighted by Crippen LogP contribution is 2.26. The lowest BCUT2D eigenvalue weighted by atomic mass is 10.1. The minimum Gasteiger partial charge on any atom is -0.494 e. The molecule has 3 aromatic rings. The summed E-state index contributed by atoms with van der Waals surface area (Å²) >= 11 is 0. The first-order chi connectivity index (χ1) is 13.6. The van der Waals surface area contributed by atoms with Gasteiger partial charge in [0.15, 0.2) is 5.82 Å². The van der Waals surface area contributed by atoms with Crippen LogP contribution in [0.4, 0.5) is 10.5 Å². The molecular weight excluding hydrogens is 356 g/mol. The molecule has 0 radical (unpaired) electrons. The molecule has 0 aliphatic heterocycles. The van der Waals surface area contributed by atoms with E-state index in [1.165, 1.54) is 5.56 Å². The number of tetrazole rings is 1. The number of ether oxygens (including phenoxy) is 1. The summed E-state index contributed by atoms with van der Waals surface area (Å²) in [6, 6.07) is 15.3. The van der Waals surface area contributed by atoms with E-state index in [-0.39, 0.29) is 12.1 Å². The van der Waals surface area contributed by atoms with Gasteiger partial charge in [0.05, 0.1) is 7.11 Å². The van der Waals surface area contributed by atoms with Gasteiger partial charge in [-0.05, 0) is 60.9 Å². The standard InChI is InChI=1S/C20H24N6O2/c1-14(9-10-16-7-5-4-6-8-16)21-20(27)22-17-11-12-19(28-3)18(13-17)26-15(2)23-24-25-26/h4-8,11-14H,9-10H2,1-3H3,(H2,21,22,27). The SMILES string of the molecule is COc1ccc(NC(=O)NC(C)CCc2ccccc2)cc1-n1nnnc1C. The Kier molecular flexibility index (Phi) is 6.21. The molecule has 0 bridgehead atoms. The van der Waals surface area contributed by atoms with Gasteiger partial charge in [0.2, 0.25) is 0 Å². The average Bonchev–Trinajstić information content (AvgIpc) is 3.13. The second-order valence-electron chi connectivity index (χ2n) is 6.55. The first-order valence-electron chi connectivity index (χ1n) is 9.11. The molecule has 2 aromatic carbocycles. The predicted octanol–water partition coefficient (Wildman–Crippen LogP) is 3.12. The molecule has 0 spiro atoms. The number of hydrogen-bond donors (Lipinski definition) is 2. The molecule has 2 N–H and O–H groups in total. The average molecular weight is 380 g/mol. The highest BCUT2D eigenvalue weighted by atomic mass is 16.5. The van der Waals surface area contributed by atoms with Crippen LogP contribution in [0.15, 0.2) is 48.5 Å². The number of rotatable bonds is 7. The van der Waals surface area contributed by atoms with Crippen molar-refractivity contribution in [3.05, 3.63) is 59.9 Å². The van der Waals surface area contributed by atoms with Crippen molar-refractivity contribution in [1.29, 1.82) is 0 Å². The van der Waals surface area contributed by atoms with Gasteiger partial charge in [0, 0.05) is 11.7 Å². The minimum atomic E-state index is -0.259. The maximum atomic E-state index is 12.4. The number of methoxy groups -OCH3 is 1. The molecule has 0 saturated heterocycles. The molecule has 3 rings (SSSR count). The molecule has 1 heterocycles. The number of amides is 2. The summed E-state index contributed by atoms with van der Waals surface area (Å²) in [4.78, 5) is 12.4. The van der Waals surface area contributed by atoms with E-state index in [1.807, 2.05) is 25.1 Å². The van der Waals surface area contributed by atoms with Gasteiger partial charge in [-0.1, -0.05) is 30.3 Å². The Labute approximate surface area is 163 Å². The largest absolute Gasteiger partial charge is 0.494 e. The molecule has 8 heteroatoms. The van der Waals surface area contributed by atoms with Gasteiger partial charge in [-0.25, -0.2) is 4.79 Å². The third kappa shape index (κ3) is 4.85. The molecular formula is C20H24N6O2. The number of hydrogen-bond acceptors (Lipinski definition) is 5. The molecule has 1 atom stereocenters. The molecule has 146 valence electrons. The van der Waals surface area contributed by atoms with E-state index >= 15 is 0 Å². The lowest BCUT2D eigenvalue weighted by Crippen LogP contribution is -2.36. The maximum absolute atomic E-state index is 12.4. The molecule has 0 fully saturated rings. The number of nitrogens with one attached hydrogen (secondary N) is 2. The number of urea groups is 1. The number of benzene rings is 2. The van der Waals surface area contributed by atoms with Crippen LogP contribution in [0.2, 0.25) is 0 Å². The molecule has 8 nitrogen and oxygen atoms in total. The Morgan fingerprint density at radius 3 is 2.68 bits per heavy atom. The van der Waals surface area contributed by atoms with Crippen LogP contribution in [0.1, 0.15) is 24.7 Å². The Morgan fingerprint density at radius 1 is 1.21 bits per heavy atom. The van der Waals surface area contributed by atoms with E-state index in [0.29, 0.717) is 22.9 Å². The Hall–Kier alpha value is -3.42. The van der Waals surface area contributed by atoms with Crippen LogP contribution in [0, 0.1) is 6.92 Å². The van der Waals surface area contributed by atoms with Gasteiger partial charge in [0.1, 0.15) is 11.4 Å². The fourth-order valence-electron chi connectivity index (χ4n) is 2.88. The first-order valence-corrected chi connectivity index (χ1v) is 9.11. The van der Waals surface area contributed by atoms with Crippen LogP contribution in [0.25, 0.3) is 5.69 Å². The quantitative estimate of drug-likeness (QED) is 0.657. The Balaban J connectivity index is 1.61. The van der Waals surface area contributed by atoms with E-state index in [0.717, 1.165) is 12.8 Å². The van der Waals surface area contributed by atoms with Gasteiger partial charge in [-0.3, -0.25) is 0 Å². The van der Waals surface area contributed by atoms with Crippen molar-refractivity contribution < 1.29 is 9.53 Å². The second kappa shape index (κ2) is 8.98. The fourth-order valence-corrected chi connectivity index (χ4v) is 2.88. The molecule has 0 saturated carbocycles. The number of carbonyl (C=O) groups excluding carboxylic acids is 1. The van der Waals surface area contributed by atoms with Crippen LogP contribution in [0.5, 0.6) is 5.75 Å². The molecule has 0 aliphatic carbocycles. The van der Waals surface area contributed by atoms with Gasteiger partial charge >= 0.3 is 6.03 Å². The number of aromatic nitrogens is 4. The van der Waals surface area contributed by atoms with Gasteiger partial charge in [0.25, 0.3) is 0 Å². The zero-order chi connectivity index (χ0) is 19.9. The number of aryl methyl sites for hydroxylation is 2. The van der Waals surface area contributed by atoms with Gasteiger partial charge in [-0.2, -0.15) is 4.68 Å². The summed E-state index contributed by atoms with van der Waals surface area (Å²) in [5, 5.41) is 17.3. The van der Waals surface area contributed by atoms with E-state index in [1.54, 1.807) is 36.9 Å². The van der Waals surface area contributed by atoms with Crippen LogP contribution in [-0.4, -0.2) is 39.4 Å². The van der Waals surface area contributed by atoms with E-state index in [4.69, 9.17) is 4.74 Å². The smallest absolute Gasteiger partial charge is 0.319 e. The first kappa shape index (κ1) is 19.3. The Morgan fingerprint density at radius 2 is 2.00 bits per heavy atom. The summed E-state index contributed by atoms with van der Waals surface area (Å²) in [5.74, 6) is 1.23. The van der Waals surface area contributed by atoms with Crippen molar-refractivity contribution >= 4 is 11.7 Å². The number of carbonyl (C=O) groups is 1. The summed E-state index contributed by atoms with van der Waals surface area (Å²) in [6.45, 7) is 3.78. The Bertz CT molecular complexity index is 925. The predicted molar refractivity (Wildman–Crippen MR) is 107 cm³/mol. The highest BCUT2D eigenvalue weighted by molar-refractivity contribution is 5.90. The minimum absolute atomic E-state index is 0.0414. The van der Waals surface area contributed by atoms with Crippen molar-refractivity contribution in [3.8, 4) is 11.4 Å². The number of nitrogens with zero attached hydrogens (tertiary/aromatic N) is 4. The van der Waals surface area contributed by atoms with Crippen molar-refractivity contribution in [1.82, 2.24) is 25.5 Å². The van der Waals surface area contributed by atoms with E-state index < -0.39 is 0 Å². The topological polar surface area (TPSA) is 94.0 Å². The van der Waals surface area contributed by atoms with Crippen molar-refractivity contribution in [2.24, 2.45) is 0 Å². The van der Waals surface area contributed by atoms with Gasteiger partial charge < -0.3 is 15.4 Å². The normalized spacial score (nSPS) is 11.7. The number of anilines is 1. The van der Waals surface area contributed by atoms with Crippen LogP contribution < -0.4 is 15.4 Å². The van der Waals surface area contributed by atoms with Crippen molar-refractivity contribution in [3.63, 3.8) is 0 Å². The van der Waals surface area contributed by atoms with E-state index in [2.05, 4.69) is 38.3 Å². The van der Waals surface area contributed by atoms with E-state index in [9.17, 15) is 4.79 Å². The third-order valence-electron chi connectivity index (χ3n) is 4.38. The second-order valence-corrected chi connectivity index (χ2v) is 6.55. The summed E-state index contributed by atoms with van der Waals surface area (Å²) < 4.78 is 6.94. The monoisotopic (exact) mass is 380 g/mol. The highest BCUT2D eigenvalue weighted by Gasteiger charge is 2.13. The molecule has 0 aliphatic rings. The molecule has 1 unspecified atom stereocenters. The third-order valence-corrected chi connectivity index (χ3v) is 4.38. The van der Waals surface area contributed by atoms with Crippen molar-refractivity contribution in [2.45, 2.75) is 32.7 Å². The lowest BCUT2D eigenvalue weighted by Gasteiger charge is -2.16. The summed E-state index contributed by atoms with van der Waals surface area (Å²) in [6.07, 6.45) is 1.77. The fraction of sp³-hybridized carbons (Fsp3) is 0.300. The zero-order valence-electron chi connectivity index (χ0n) is 16.2. The maximum Gasteiger partial charge on any atom is 0.319 e. The lowest BCUT2D eigenvalue weighted by molar-refractivity contribution is 0.248. The molecule has 2 amide bonds. The molecule has 28 heavy (non-hydrogen) atoms. The van der Waals surface area contributed by atoms with Crippen LogP contribution in [-0.2, 0) is 6.42 Å². The van der Waals surface area contributed by atoms with Gasteiger partial charge in [-0.15, -0.1) is 5.10 Å². The van der Waals surface area contributed by atoms with Crippen LogP contribution >= 0.6 is 0 Å². The van der Waals surface area contributed by atoms with Crippen LogP contribution in [0.3, 0.4) is 0 Å². The zero-order valence-corrected chi connectivity index (χ0v) is 16.2. The summed E-state index contributed by atoms with van der Waals surface area (Å²) in [7, 11) is 1.58. The van der Waals surface area contributed by atoms with Crippen molar-refractivity contribution in [2.75, 3.05) is 12.4 Å².